The maximum Gasteiger partial charge on any atom is 0.251 e. The van der Waals surface area contributed by atoms with Crippen molar-refractivity contribution >= 4 is 21.8 Å². The van der Waals surface area contributed by atoms with Crippen LogP contribution in [-0.2, 0) is 0 Å². The lowest BCUT2D eigenvalue weighted by molar-refractivity contribution is 0.0926. The average Bonchev–Trinajstić information content (AvgIpc) is 2.35. The van der Waals surface area contributed by atoms with Crippen molar-refractivity contribution in [3.63, 3.8) is 0 Å². The highest BCUT2D eigenvalue weighted by molar-refractivity contribution is 9.10. The van der Waals surface area contributed by atoms with Crippen LogP contribution in [0.5, 0.6) is 0 Å². The number of benzene rings is 1. The van der Waals surface area contributed by atoms with Gasteiger partial charge < -0.3 is 11.1 Å². The summed E-state index contributed by atoms with van der Waals surface area (Å²) in [5, 5.41) is 3.09. The summed E-state index contributed by atoms with van der Waals surface area (Å²) in [7, 11) is 0. The molecule has 0 bridgehead atoms. The number of hydrogen-bond donors (Lipinski definition) is 2. The fraction of sp³-hybridized carbons (Fsp3) is 0.500. The Kier molecular flexibility index (Phi) is 4.40. The molecular formula is C14H19BrN2O. The predicted octanol–water partition coefficient (Wildman–Crippen LogP) is 2.76. The van der Waals surface area contributed by atoms with Crippen LogP contribution >= 0.6 is 15.9 Å². The molecule has 0 radical (unpaired) electrons. The minimum Gasteiger partial charge on any atom is -0.349 e. The van der Waals surface area contributed by atoms with Gasteiger partial charge in [-0.25, -0.2) is 0 Å². The van der Waals surface area contributed by atoms with Crippen molar-refractivity contribution in [3.05, 3.63) is 33.8 Å². The molecule has 1 fully saturated rings. The minimum atomic E-state index is 0.0195. The molecule has 0 unspecified atom stereocenters. The minimum absolute atomic E-state index is 0.0195. The van der Waals surface area contributed by atoms with E-state index in [4.69, 9.17) is 5.73 Å². The summed E-state index contributed by atoms with van der Waals surface area (Å²) in [6.45, 7) is 1.99. The molecule has 0 aliphatic heterocycles. The van der Waals surface area contributed by atoms with Crippen LogP contribution in [0.25, 0.3) is 0 Å². The summed E-state index contributed by atoms with van der Waals surface area (Å²) in [4.78, 5) is 12.1. The molecule has 2 rings (SSSR count). The lowest BCUT2D eigenvalue weighted by Gasteiger charge is -2.26. The van der Waals surface area contributed by atoms with E-state index >= 15 is 0 Å². The van der Waals surface area contributed by atoms with E-state index < -0.39 is 0 Å². The molecule has 1 saturated carbocycles. The van der Waals surface area contributed by atoms with Crippen LogP contribution in [0.1, 0.15) is 41.6 Å². The van der Waals surface area contributed by atoms with Crippen LogP contribution in [0.3, 0.4) is 0 Å². The van der Waals surface area contributed by atoms with Crippen LogP contribution < -0.4 is 11.1 Å². The van der Waals surface area contributed by atoms with Gasteiger partial charge in [-0.15, -0.1) is 0 Å². The Hall–Kier alpha value is -0.870. The van der Waals surface area contributed by atoms with Gasteiger partial charge in [-0.3, -0.25) is 4.79 Å². The smallest absolute Gasteiger partial charge is 0.251 e. The topological polar surface area (TPSA) is 55.1 Å². The number of amides is 1. The molecule has 1 amide bonds. The van der Waals surface area contributed by atoms with Gasteiger partial charge in [-0.1, -0.05) is 15.9 Å². The molecule has 0 spiro atoms. The summed E-state index contributed by atoms with van der Waals surface area (Å²) in [5.74, 6) is 0.0195. The maximum atomic E-state index is 12.1. The second-order valence-corrected chi connectivity index (χ2v) is 5.90. The van der Waals surface area contributed by atoms with Gasteiger partial charge in [0.1, 0.15) is 0 Å². The summed E-state index contributed by atoms with van der Waals surface area (Å²) in [6, 6.07) is 6.27. The molecule has 4 heteroatoms. The summed E-state index contributed by atoms with van der Waals surface area (Å²) in [6.07, 6.45) is 3.99. The SMILES string of the molecule is Cc1cc(C(=O)NC2CCC(N)CC2)ccc1Br. The molecule has 1 aliphatic carbocycles. The second kappa shape index (κ2) is 5.85. The van der Waals surface area contributed by atoms with Crippen molar-refractivity contribution in [3.8, 4) is 0 Å². The Bertz CT molecular complexity index is 439. The fourth-order valence-electron chi connectivity index (χ4n) is 2.32. The van der Waals surface area contributed by atoms with Crippen LogP contribution in [0.15, 0.2) is 22.7 Å². The first kappa shape index (κ1) is 13.6. The second-order valence-electron chi connectivity index (χ2n) is 5.05. The van der Waals surface area contributed by atoms with Crippen molar-refractivity contribution in [2.24, 2.45) is 5.73 Å². The molecule has 0 saturated heterocycles. The lowest BCUT2D eigenvalue weighted by atomic mass is 9.91. The molecular weight excluding hydrogens is 292 g/mol. The highest BCUT2D eigenvalue weighted by atomic mass is 79.9. The largest absolute Gasteiger partial charge is 0.349 e. The molecule has 3 N–H and O–H groups in total. The van der Waals surface area contributed by atoms with E-state index in [1.807, 2.05) is 25.1 Å². The van der Waals surface area contributed by atoms with Crippen LogP contribution in [0.4, 0.5) is 0 Å². The molecule has 1 aromatic rings. The van der Waals surface area contributed by atoms with Gasteiger partial charge in [0.15, 0.2) is 0 Å². The van der Waals surface area contributed by atoms with E-state index in [2.05, 4.69) is 21.2 Å². The van der Waals surface area contributed by atoms with Gasteiger partial charge in [0.25, 0.3) is 5.91 Å². The third kappa shape index (κ3) is 3.33. The fourth-order valence-corrected chi connectivity index (χ4v) is 2.56. The zero-order valence-electron chi connectivity index (χ0n) is 10.6. The maximum absolute atomic E-state index is 12.1. The Morgan fingerprint density at radius 2 is 2.00 bits per heavy atom. The summed E-state index contributed by atoms with van der Waals surface area (Å²) < 4.78 is 1.03. The Labute approximate surface area is 116 Å². The van der Waals surface area contributed by atoms with Crippen LogP contribution in [-0.4, -0.2) is 18.0 Å². The van der Waals surface area contributed by atoms with E-state index in [1.165, 1.54) is 0 Å². The predicted molar refractivity (Wildman–Crippen MR) is 76.6 cm³/mol. The van der Waals surface area contributed by atoms with E-state index in [0.717, 1.165) is 41.3 Å². The molecule has 18 heavy (non-hydrogen) atoms. The number of aryl methyl sites for hydroxylation is 1. The Morgan fingerprint density at radius 3 is 2.61 bits per heavy atom. The summed E-state index contributed by atoms with van der Waals surface area (Å²) >= 11 is 3.44. The number of rotatable bonds is 2. The number of halogens is 1. The Balaban J connectivity index is 1.97. The number of hydrogen-bond acceptors (Lipinski definition) is 2. The van der Waals surface area contributed by atoms with Crippen molar-refractivity contribution in [2.75, 3.05) is 0 Å². The zero-order valence-corrected chi connectivity index (χ0v) is 12.2. The Morgan fingerprint density at radius 1 is 1.33 bits per heavy atom. The lowest BCUT2D eigenvalue weighted by Crippen LogP contribution is -2.40. The monoisotopic (exact) mass is 310 g/mol. The van der Waals surface area contributed by atoms with E-state index in [1.54, 1.807) is 0 Å². The zero-order chi connectivity index (χ0) is 13.1. The quantitative estimate of drug-likeness (QED) is 0.882. The molecule has 1 aromatic carbocycles. The van der Waals surface area contributed by atoms with E-state index in [-0.39, 0.29) is 11.9 Å². The van der Waals surface area contributed by atoms with Gasteiger partial charge in [0, 0.05) is 22.1 Å². The van der Waals surface area contributed by atoms with Gasteiger partial charge >= 0.3 is 0 Å². The molecule has 3 nitrogen and oxygen atoms in total. The van der Waals surface area contributed by atoms with Gasteiger partial charge in [0.05, 0.1) is 0 Å². The molecule has 0 atom stereocenters. The molecule has 98 valence electrons. The van der Waals surface area contributed by atoms with Gasteiger partial charge in [0.2, 0.25) is 0 Å². The van der Waals surface area contributed by atoms with Crippen molar-refractivity contribution < 1.29 is 4.79 Å². The highest BCUT2D eigenvalue weighted by Gasteiger charge is 2.20. The van der Waals surface area contributed by atoms with Crippen molar-refractivity contribution in [1.29, 1.82) is 0 Å². The van der Waals surface area contributed by atoms with Crippen LogP contribution in [0.2, 0.25) is 0 Å². The van der Waals surface area contributed by atoms with Crippen LogP contribution in [0, 0.1) is 6.92 Å². The van der Waals surface area contributed by atoms with Crippen molar-refractivity contribution in [1.82, 2.24) is 5.32 Å². The first-order valence-corrected chi connectivity index (χ1v) is 7.18. The summed E-state index contributed by atoms with van der Waals surface area (Å²) in [5.41, 5.74) is 7.66. The molecule has 0 aromatic heterocycles. The van der Waals surface area contributed by atoms with E-state index in [9.17, 15) is 4.79 Å². The normalized spacial score (nSPS) is 23.7. The number of nitrogens with two attached hydrogens (primary N) is 1. The van der Waals surface area contributed by atoms with Gasteiger partial charge in [-0.2, -0.15) is 0 Å². The first-order chi connectivity index (χ1) is 8.56. The van der Waals surface area contributed by atoms with E-state index in [0.29, 0.717) is 6.04 Å². The standard InChI is InChI=1S/C14H19BrN2O/c1-9-8-10(2-7-13(9)15)14(18)17-12-5-3-11(16)4-6-12/h2,7-8,11-12H,3-6,16H2,1H3,(H,17,18). The third-order valence-corrected chi connectivity index (χ3v) is 4.42. The average molecular weight is 311 g/mol. The van der Waals surface area contributed by atoms with Crippen molar-refractivity contribution in [2.45, 2.75) is 44.7 Å². The van der Waals surface area contributed by atoms with Gasteiger partial charge in [-0.05, 0) is 56.4 Å². The highest BCUT2D eigenvalue weighted by Crippen LogP contribution is 2.19. The third-order valence-electron chi connectivity index (χ3n) is 3.53. The number of nitrogens with one attached hydrogen (secondary N) is 1. The number of carbonyl (C=O) groups excluding carboxylic acids is 1. The number of carbonyl (C=O) groups is 1. The molecule has 0 heterocycles. The first-order valence-electron chi connectivity index (χ1n) is 6.39. The molecule has 1 aliphatic rings.